The molecular weight excluding hydrogens is 264 g/mol. The van der Waals surface area contributed by atoms with Gasteiger partial charge in [0.2, 0.25) is 0 Å². The number of aryl methyl sites for hydroxylation is 1. The molecule has 0 bridgehead atoms. The van der Waals surface area contributed by atoms with E-state index in [1.54, 1.807) is 24.3 Å². The van der Waals surface area contributed by atoms with Gasteiger partial charge in [-0.05, 0) is 18.6 Å². The molecule has 1 aliphatic rings. The normalized spacial score (nSPS) is 14.0. The van der Waals surface area contributed by atoms with Crippen LogP contribution in [0.5, 0.6) is 0 Å². The number of carbonyl (C=O) groups is 2. The van der Waals surface area contributed by atoms with E-state index in [1.165, 1.54) is 10.6 Å². The summed E-state index contributed by atoms with van der Waals surface area (Å²) in [7, 11) is 0. The second-order valence-electron chi connectivity index (χ2n) is 4.17. The third kappa shape index (κ3) is 3.23. The highest BCUT2D eigenvalue weighted by Gasteiger charge is 2.16. The summed E-state index contributed by atoms with van der Waals surface area (Å²) in [6, 6.07) is 7.09. The Morgan fingerprint density at radius 3 is 2.68 bits per heavy atom. The highest BCUT2D eigenvalue weighted by Crippen LogP contribution is 2.11. The van der Waals surface area contributed by atoms with Gasteiger partial charge in [0, 0.05) is 23.5 Å². The van der Waals surface area contributed by atoms with Crippen molar-refractivity contribution in [3.63, 3.8) is 0 Å². The van der Waals surface area contributed by atoms with E-state index in [0.29, 0.717) is 17.7 Å². The van der Waals surface area contributed by atoms with Crippen molar-refractivity contribution in [3.8, 4) is 0 Å². The monoisotopic (exact) mass is 276 g/mol. The van der Waals surface area contributed by atoms with Gasteiger partial charge in [-0.3, -0.25) is 19.3 Å². The van der Waals surface area contributed by atoms with Gasteiger partial charge in [0.05, 0.1) is 12.1 Å². The first-order chi connectivity index (χ1) is 9.08. The summed E-state index contributed by atoms with van der Waals surface area (Å²) >= 11 is 5.77. The van der Waals surface area contributed by atoms with Gasteiger partial charge in [-0.25, -0.2) is 0 Å². The van der Waals surface area contributed by atoms with Gasteiger partial charge in [0.25, 0.3) is 11.8 Å². The molecule has 1 aromatic rings. The molecule has 0 spiro atoms. The summed E-state index contributed by atoms with van der Waals surface area (Å²) in [5.74, 6) is -0.876. The summed E-state index contributed by atoms with van der Waals surface area (Å²) in [6.45, 7) is 2.35. The molecule has 1 aliphatic heterocycles. The van der Waals surface area contributed by atoms with Crippen LogP contribution in [-0.4, -0.2) is 22.8 Å². The predicted octanol–water partition coefficient (Wildman–Crippen LogP) is 2.16. The molecule has 2 amide bonds. The second-order valence-corrected chi connectivity index (χ2v) is 4.60. The second kappa shape index (κ2) is 5.71. The standard InChI is InChI=1S/C14H13ClN2O2/c1-10-5-2-3-7-12(10)14(19)16-13(18)11-6-4-8-17(15)9-11/h2-7,9H,8H2,1H3,(H,16,18,19). The van der Waals surface area contributed by atoms with Crippen LogP contribution in [0.4, 0.5) is 0 Å². The minimum Gasteiger partial charge on any atom is -0.288 e. The van der Waals surface area contributed by atoms with E-state index in [-0.39, 0.29) is 0 Å². The topological polar surface area (TPSA) is 49.4 Å². The highest BCUT2D eigenvalue weighted by atomic mass is 35.5. The molecule has 0 saturated carbocycles. The van der Waals surface area contributed by atoms with Crippen LogP contribution in [0.1, 0.15) is 15.9 Å². The molecule has 0 saturated heterocycles. The zero-order valence-electron chi connectivity index (χ0n) is 10.4. The van der Waals surface area contributed by atoms with Crippen LogP contribution >= 0.6 is 11.8 Å². The molecule has 1 aromatic carbocycles. The average Bonchev–Trinajstić information content (AvgIpc) is 2.39. The zero-order valence-corrected chi connectivity index (χ0v) is 11.1. The molecule has 98 valence electrons. The largest absolute Gasteiger partial charge is 0.288 e. The SMILES string of the molecule is Cc1ccccc1C(=O)NC(=O)C1=CN(Cl)CC=C1. The number of benzene rings is 1. The average molecular weight is 277 g/mol. The molecule has 2 rings (SSSR count). The van der Waals surface area contributed by atoms with E-state index in [2.05, 4.69) is 5.32 Å². The Hall–Kier alpha value is -2.07. The Morgan fingerprint density at radius 2 is 2.00 bits per heavy atom. The molecule has 1 heterocycles. The van der Waals surface area contributed by atoms with E-state index in [0.717, 1.165) is 5.56 Å². The Kier molecular flexibility index (Phi) is 4.02. The number of imide groups is 1. The van der Waals surface area contributed by atoms with E-state index in [9.17, 15) is 9.59 Å². The van der Waals surface area contributed by atoms with Gasteiger partial charge in [0.15, 0.2) is 0 Å². The van der Waals surface area contributed by atoms with Crippen LogP contribution in [-0.2, 0) is 4.79 Å². The molecule has 0 fully saturated rings. The summed E-state index contributed by atoms with van der Waals surface area (Å²) in [4.78, 5) is 23.9. The predicted molar refractivity (Wildman–Crippen MR) is 73.4 cm³/mol. The van der Waals surface area contributed by atoms with Crippen LogP contribution in [0.15, 0.2) is 48.2 Å². The molecule has 19 heavy (non-hydrogen) atoms. The molecule has 0 atom stereocenters. The van der Waals surface area contributed by atoms with Gasteiger partial charge >= 0.3 is 0 Å². The molecule has 1 N–H and O–H groups in total. The number of rotatable bonds is 2. The maximum Gasteiger partial charge on any atom is 0.259 e. The van der Waals surface area contributed by atoms with Gasteiger partial charge in [0.1, 0.15) is 0 Å². The van der Waals surface area contributed by atoms with Gasteiger partial charge < -0.3 is 0 Å². The first kappa shape index (κ1) is 13.4. The highest BCUT2D eigenvalue weighted by molar-refractivity contribution is 6.16. The number of nitrogens with one attached hydrogen (secondary N) is 1. The minimum atomic E-state index is -0.463. The van der Waals surface area contributed by atoms with Gasteiger partial charge in [-0.2, -0.15) is 0 Å². The molecule has 0 radical (unpaired) electrons. The lowest BCUT2D eigenvalue weighted by Crippen LogP contribution is -2.32. The van der Waals surface area contributed by atoms with Gasteiger partial charge in [-0.15, -0.1) is 0 Å². The molecule has 0 aliphatic carbocycles. The fraction of sp³-hybridized carbons (Fsp3) is 0.143. The van der Waals surface area contributed by atoms with Crippen molar-refractivity contribution < 1.29 is 9.59 Å². The lowest BCUT2D eigenvalue weighted by Gasteiger charge is -2.14. The van der Waals surface area contributed by atoms with Crippen LogP contribution in [0, 0.1) is 6.92 Å². The van der Waals surface area contributed by atoms with E-state index >= 15 is 0 Å². The van der Waals surface area contributed by atoms with Crippen molar-refractivity contribution in [3.05, 3.63) is 59.3 Å². The van der Waals surface area contributed by atoms with E-state index < -0.39 is 11.8 Å². The van der Waals surface area contributed by atoms with Crippen LogP contribution in [0.3, 0.4) is 0 Å². The third-order valence-corrected chi connectivity index (χ3v) is 2.97. The minimum absolute atomic E-state index is 0.350. The number of nitrogens with zero attached hydrogens (tertiary/aromatic N) is 1. The Balaban J connectivity index is 2.10. The Morgan fingerprint density at radius 1 is 1.26 bits per heavy atom. The number of carbonyl (C=O) groups excluding carboxylic acids is 2. The fourth-order valence-corrected chi connectivity index (χ4v) is 1.92. The first-order valence-electron chi connectivity index (χ1n) is 5.80. The van der Waals surface area contributed by atoms with Crippen molar-refractivity contribution in [2.45, 2.75) is 6.92 Å². The van der Waals surface area contributed by atoms with Crippen LogP contribution < -0.4 is 5.32 Å². The number of halogens is 1. The fourth-order valence-electron chi connectivity index (χ4n) is 1.73. The number of amides is 2. The van der Waals surface area contributed by atoms with Crippen molar-refractivity contribution in [1.82, 2.24) is 9.74 Å². The third-order valence-electron chi connectivity index (χ3n) is 2.74. The van der Waals surface area contributed by atoms with Crippen molar-refractivity contribution >= 4 is 23.6 Å². The maximum atomic E-state index is 12.0. The smallest absolute Gasteiger partial charge is 0.259 e. The Labute approximate surface area is 116 Å². The summed E-state index contributed by atoms with van der Waals surface area (Å²) in [5.41, 5.74) is 1.65. The van der Waals surface area contributed by atoms with Crippen molar-refractivity contribution in [1.29, 1.82) is 0 Å². The first-order valence-corrected chi connectivity index (χ1v) is 6.14. The summed E-state index contributed by atoms with van der Waals surface area (Å²) in [6.07, 6.45) is 4.88. The van der Waals surface area contributed by atoms with E-state index in [1.807, 2.05) is 19.1 Å². The molecule has 0 aromatic heterocycles. The van der Waals surface area contributed by atoms with E-state index in [4.69, 9.17) is 11.8 Å². The van der Waals surface area contributed by atoms with Gasteiger partial charge in [-0.1, -0.05) is 30.4 Å². The summed E-state index contributed by atoms with van der Waals surface area (Å²) < 4.78 is 1.35. The molecule has 4 nitrogen and oxygen atoms in total. The zero-order chi connectivity index (χ0) is 13.8. The lowest BCUT2D eigenvalue weighted by atomic mass is 10.1. The quantitative estimate of drug-likeness (QED) is 0.665. The Bertz CT molecular complexity index is 579. The van der Waals surface area contributed by atoms with Crippen LogP contribution in [0.25, 0.3) is 0 Å². The van der Waals surface area contributed by atoms with Crippen LogP contribution in [0.2, 0.25) is 0 Å². The molecule has 5 heteroatoms. The number of hydrogen-bond acceptors (Lipinski definition) is 3. The van der Waals surface area contributed by atoms with Crippen molar-refractivity contribution in [2.75, 3.05) is 6.54 Å². The van der Waals surface area contributed by atoms with Crippen molar-refractivity contribution in [2.24, 2.45) is 0 Å². The maximum absolute atomic E-state index is 12.0. The molecule has 0 unspecified atom stereocenters. The summed E-state index contributed by atoms with van der Waals surface area (Å²) in [5, 5.41) is 2.34. The molecular formula is C14H13ClN2O2. The lowest BCUT2D eigenvalue weighted by molar-refractivity contribution is -0.116. The number of hydrogen-bond donors (Lipinski definition) is 1.